The monoisotopic (exact) mass is 298 g/mol. The van der Waals surface area contributed by atoms with Crippen LogP contribution in [0.3, 0.4) is 0 Å². The molecule has 0 aromatic heterocycles. The maximum atomic E-state index is 11.7. The van der Waals surface area contributed by atoms with E-state index in [1.54, 1.807) is 24.3 Å². The minimum Gasteiger partial charge on any atom is -0.377 e. The first-order valence-electron chi connectivity index (χ1n) is 6.90. The molecular formula is C18H18O4. The van der Waals surface area contributed by atoms with Crippen LogP contribution in [-0.2, 0) is 9.47 Å². The zero-order valence-corrected chi connectivity index (χ0v) is 12.7. The predicted octanol–water partition coefficient (Wildman–Crippen LogP) is 3.01. The van der Waals surface area contributed by atoms with Gasteiger partial charge in [-0.1, -0.05) is 48.5 Å². The minimum absolute atomic E-state index is 0.0467. The molecule has 0 unspecified atom stereocenters. The summed E-state index contributed by atoms with van der Waals surface area (Å²) in [6, 6.07) is 14.6. The third-order valence-corrected chi connectivity index (χ3v) is 3.30. The summed E-state index contributed by atoms with van der Waals surface area (Å²) >= 11 is 0. The van der Waals surface area contributed by atoms with Crippen LogP contribution in [0.2, 0.25) is 0 Å². The summed E-state index contributed by atoms with van der Waals surface area (Å²) in [4.78, 5) is 23.4. The molecule has 0 saturated carbocycles. The lowest BCUT2D eigenvalue weighted by molar-refractivity contribution is 0.0842. The Morgan fingerprint density at radius 1 is 0.682 bits per heavy atom. The molecule has 114 valence electrons. The molecule has 0 radical (unpaired) electrons. The molecule has 4 heteroatoms. The molecule has 0 spiro atoms. The van der Waals surface area contributed by atoms with Crippen molar-refractivity contribution < 1.29 is 19.1 Å². The number of ether oxygens (including phenoxy) is 2. The van der Waals surface area contributed by atoms with Crippen LogP contribution in [0.4, 0.5) is 0 Å². The van der Waals surface area contributed by atoms with E-state index in [1.165, 1.54) is 14.2 Å². The van der Waals surface area contributed by atoms with Gasteiger partial charge in [-0.15, -0.1) is 0 Å². The molecule has 4 nitrogen and oxygen atoms in total. The molecule has 2 rings (SSSR count). The number of carbonyl (C=O) groups excluding carboxylic acids is 2. The van der Waals surface area contributed by atoms with E-state index >= 15 is 0 Å². The van der Waals surface area contributed by atoms with Crippen molar-refractivity contribution >= 4 is 11.6 Å². The molecule has 0 N–H and O–H groups in total. The summed E-state index contributed by atoms with van der Waals surface area (Å²) < 4.78 is 9.67. The molecule has 0 aliphatic carbocycles. The summed E-state index contributed by atoms with van der Waals surface area (Å²) in [5.74, 6) is -0.0934. The molecule has 0 saturated heterocycles. The van der Waals surface area contributed by atoms with Crippen LogP contribution < -0.4 is 0 Å². The van der Waals surface area contributed by atoms with Crippen LogP contribution in [0.15, 0.2) is 48.5 Å². The van der Waals surface area contributed by atoms with Gasteiger partial charge < -0.3 is 9.47 Å². The van der Waals surface area contributed by atoms with E-state index in [4.69, 9.17) is 9.47 Å². The first kappa shape index (κ1) is 16.1. The summed E-state index contributed by atoms with van der Waals surface area (Å²) in [5.41, 5.74) is 3.22. The third kappa shape index (κ3) is 3.87. The van der Waals surface area contributed by atoms with Gasteiger partial charge in [-0.3, -0.25) is 9.59 Å². The number of ketones is 2. The molecule has 0 atom stereocenters. The van der Waals surface area contributed by atoms with Crippen LogP contribution in [0.5, 0.6) is 0 Å². The van der Waals surface area contributed by atoms with Crippen molar-refractivity contribution in [2.45, 2.75) is 0 Å². The van der Waals surface area contributed by atoms with E-state index in [9.17, 15) is 9.59 Å². The number of Topliss-reactive ketones (excluding diaryl/α,β-unsaturated/α-hetero) is 2. The average Bonchev–Trinajstić information content (AvgIpc) is 2.55. The largest absolute Gasteiger partial charge is 0.377 e. The van der Waals surface area contributed by atoms with E-state index < -0.39 is 0 Å². The third-order valence-electron chi connectivity index (χ3n) is 3.30. The van der Waals surface area contributed by atoms with Crippen LogP contribution in [0.1, 0.15) is 20.7 Å². The Morgan fingerprint density at radius 2 is 1.00 bits per heavy atom. The summed E-state index contributed by atoms with van der Waals surface area (Å²) in [7, 11) is 3.00. The zero-order valence-electron chi connectivity index (χ0n) is 12.7. The van der Waals surface area contributed by atoms with Gasteiger partial charge in [-0.25, -0.2) is 0 Å². The summed E-state index contributed by atoms with van der Waals surface area (Å²) in [6.45, 7) is 0.158. The van der Waals surface area contributed by atoms with E-state index in [-0.39, 0.29) is 24.8 Å². The molecule has 0 amide bonds. The average molecular weight is 298 g/mol. The zero-order chi connectivity index (χ0) is 15.9. The van der Waals surface area contributed by atoms with Crippen LogP contribution in [-0.4, -0.2) is 39.0 Å². The van der Waals surface area contributed by atoms with Gasteiger partial charge in [0.05, 0.1) is 0 Å². The standard InChI is InChI=1S/C18H18O4/c1-21-11-17(19)15-7-3-13(4-8-15)14-5-9-16(10-6-14)18(20)12-22-2/h3-10H,11-12H2,1-2H3. The topological polar surface area (TPSA) is 52.6 Å². The smallest absolute Gasteiger partial charge is 0.188 e. The second-order valence-corrected chi connectivity index (χ2v) is 4.87. The Kier molecular flexibility index (Phi) is 5.58. The highest BCUT2D eigenvalue weighted by molar-refractivity contribution is 5.98. The molecule has 22 heavy (non-hydrogen) atoms. The van der Waals surface area contributed by atoms with Gasteiger partial charge in [-0.05, 0) is 11.1 Å². The summed E-state index contributed by atoms with van der Waals surface area (Å²) in [6.07, 6.45) is 0. The second kappa shape index (κ2) is 7.64. The van der Waals surface area contributed by atoms with Crippen LogP contribution in [0.25, 0.3) is 11.1 Å². The molecule has 0 aliphatic rings. The second-order valence-electron chi connectivity index (χ2n) is 4.87. The lowest BCUT2D eigenvalue weighted by Gasteiger charge is -2.05. The maximum absolute atomic E-state index is 11.7. The van der Waals surface area contributed by atoms with Gasteiger partial charge in [0.15, 0.2) is 11.6 Å². The fourth-order valence-electron chi connectivity index (χ4n) is 2.13. The Morgan fingerprint density at radius 3 is 1.27 bits per heavy atom. The van der Waals surface area contributed by atoms with Crippen molar-refractivity contribution in [3.8, 4) is 11.1 Å². The van der Waals surface area contributed by atoms with Crippen LogP contribution in [0, 0.1) is 0 Å². The minimum atomic E-state index is -0.0467. The van der Waals surface area contributed by atoms with Crippen molar-refractivity contribution in [2.24, 2.45) is 0 Å². The SMILES string of the molecule is COCC(=O)c1ccc(-c2ccc(C(=O)COC)cc2)cc1. The van der Waals surface area contributed by atoms with Gasteiger partial charge in [-0.2, -0.15) is 0 Å². The number of benzene rings is 2. The van der Waals surface area contributed by atoms with Crippen molar-refractivity contribution in [2.75, 3.05) is 27.4 Å². The number of rotatable bonds is 7. The molecule has 2 aromatic carbocycles. The highest BCUT2D eigenvalue weighted by Gasteiger charge is 2.07. The number of hydrogen-bond donors (Lipinski definition) is 0. The van der Waals surface area contributed by atoms with Crippen LogP contribution >= 0.6 is 0 Å². The molecule has 0 fully saturated rings. The molecule has 0 heterocycles. The highest BCUT2D eigenvalue weighted by Crippen LogP contribution is 2.21. The molecule has 0 bridgehead atoms. The first-order chi connectivity index (χ1) is 10.7. The quantitative estimate of drug-likeness (QED) is 0.737. The molecule has 2 aromatic rings. The van der Waals surface area contributed by atoms with Crippen molar-refractivity contribution in [3.05, 3.63) is 59.7 Å². The predicted molar refractivity (Wildman–Crippen MR) is 84.3 cm³/mol. The van der Waals surface area contributed by atoms with E-state index in [0.717, 1.165) is 11.1 Å². The Labute approximate surface area is 129 Å². The van der Waals surface area contributed by atoms with E-state index in [1.807, 2.05) is 24.3 Å². The lowest BCUT2D eigenvalue weighted by atomic mass is 10.0. The van der Waals surface area contributed by atoms with Crippen molar-refractivity contribution in [1.29, 1.82) is 0 Å². The Balaban J connectivity index is 2.15. The maximum Gasteiger partial charge on any atom is 0.188 e. The van der Waals surface area contributed by atoms with Gasteiger partial charge in [0.2, 0.25) is 0 Å². The number of carbonyl (C=O) groups is 2. The van der Waals surface area contributed by atoms with Crippen molar-refractivity contribution in [3.63, 3.8) is 0 Å². The number of hydrogen-bond acceptors (Lipinski definition) is 4. The number of methoxy groups -OCH3 is 2. The lowest BCUT2D eigenvalue weighted by Crippen LogP contribution is -2.07. The normalized spacial score (nSPS) is 10.5. The van der Waals surface area contributed by atoms with Gasteiger partial charge in [0, 0.05) is 25.3 Å². The molecular weight excluding hydrogens is 280 g/mol. The fraction of sp³-hybridized carbons (Fsp3) is 0.222. The van der Waals surface area contributed by atoms with Gasteiger partial charge >= 0.3 is 0 Å². The van der Waals surface area contributed by atoms with Gasteiger partial charge in [0.1, 0.15) is 13.2 Å². The van der Waals surface area contributed by atoms with Gasteiger partial charge in [0.25, 0.3) is 0 Å². The first-order valence-corrected chi connectivity index (χ1v) is 6.90. The highest BCUT2D eigenvalue weighted by atomic mass is 16.5. The fourth-order valence-corrected chi connectivity index (χ4v) is 2.13. The molecule has 0 aliphatic heterocycles. The van der Waals surface area contributed by atoms with Crippen molar-refractivity contribution in [1.82, 2.24) is 0 Å². The van der Waals surface area contributed by atoms with E-state index in [0.29, 0.717) is 11.1 Å². The Bertz CT molecular complexity index is 582. The van der Waals surface area contributed by atoms with E-state index in [2.05, 4.69) is 0 Å². The summed E-state index contributed by atoms with van der Waals surface area (Å²) in [5, 5.41) is 0. The Hall–Kier alpha value is -2.30.